The van der Waals surface area contributed by atoms with Crippen LogP contribution in [0.25, 0.3) is 11.1 Å². The van der Waals surface area contributed by atoms with Crippen LogP contribution < -0.4 is 15.2 Å². The second-order valence-corrected chi connectivity index (χ2v) is 8.43. The molecule has 0 saturated carbocycles. The van der Waals surface area contributed by atoms with E-state index in [9.17, 15) is 4.79 Å². The number of fused-ring (bicyclic) bond motifs is 4. The Labute approximate surface area is 171 Å². The Hall–Kier alpha value is -2.85. The Morgan fingerprint density at radius 1 is 1.00 bits per heavy atom. The number of nitrogens with one attached hydrogen (secondary N) is 1. The van der Waals surface area contributed by atoms with Crippen LogP contribution in [0, 0.1) is 5.92 Å². The van der Waals surface area contributed by atoms with Gasteiger partial charge in [-0.25, -0.2) is 0 Å². The summed E-state index contributed by atoms with van der Waals surface area (Å²) in [5.74, 6) is 1.85. The average Bonchev–Trinajstić information content (AvgIpc) is 2.75. The minimum absolute atomic E-state index is 0.137. The standard InChI is InChI=1S/C25H26N2O2/c1-29-22-9-7-20(8-10-22)23-11-12-24(28)27-16-19-13-21(25(23)27)17-26(15-19)14-18-5-3-2-4-6-18/h2-12,19,21H,13-17H2,1H3/p+1/t19-,21+/m0/s1. The highest BCUT2D eigenvalue weighted by atomic mass is 16.5. The predicted molar refractivity (Wildman–Crippen MR) is 114 cm³/mol. The van der Waals surface area contributed by atoms with E-state index in [2.05, 4.69) is 47.0 Å². The van der Waals surface area contributed by atoms with Gasteiger partial charge in [-0.1, -0.05) is 42.5 Å². The third-order valence-electron chi connectivity index (χ3n) is 6.48. The van der Waals surface area contributed by atoms with E-state index >= 15 is 0 Å². The molecule has 5 rings (SSSR count). The van der Waals surface area contributed by atoms with Crippen molar-refractivity contribution in [1.29, 1.82) is 0 Å². The average molecular weight is 388 g/mol. The van der Waals surface area contributed by atoms with Crippen molar-refractivity contribution < 1.29 is 9.64 Å². The van der Waals surface area contributed by atoms with E-state index < -0.39 is 0 Å². The van der Waals surface area contributed by atoms with Crippen LogP contribution in [-0.2, 0) is 13.1 Å². The van der Waals surface area contributed by atoms with Crippen molar-refractivity contribution >= 4 is 0 Å². The Bertz CT molecular complexity index is 1060. The number of methoxy groups -OCH3 is 1. The summed E-state index contributed by atoms with van der Waals surface area (Å²) in [4.78, 5) is 14.3. The molecule has 2 aromatic carbocycles. The zero-order valence-electron chi connectivity index (χ0n) is 16.8. The van der Waals surface area contributed by atoms with Crippen LogP contribution in [-0.4, -0.2) is 24.8 Å². The predicted octanol–water partition coefficient (Wildman–Crippen LogP) is 2.73. The topological polar surface area (TPSA) is 35.7 Å². The summed E-state index contributed by atoms with van der Waals surface area (Å²) in [6, 6.07) is 22.7. The molecule has 3 atom stereocenters. The zero-order valence-corrected chi connectivity index (χ0v) is 16.8. The third-order valence-corrected chi connectivity index (χ3v) is 6.48. The lowest BCUT2D eigenvalue weighted by Crippen LogP contribution is -3.13. The molecule has 0 amide bonds. The molecule has 2 bridgehead atoms. The Morgan fingerprint density at radius 2 is 1.79 bits per heavy atom. The minimum Gasteiger partial charge on any atom is -0.497 e. The van der Waals surface area contributed by atoms with Crippen LogP contribution in [0.1, 0.15) is 23.6 Å². The van der Waals surface area contributed by atoms with Crippen molar-refractivity contribution in [1.82, 2.24) is 4.57 Å². The first-order chi connectivity index (χ1) is 14.2. The molecule has 2 aliphatic heterocycles. The molecular formula is C25H27N2O2+. The molecule has 29 heavy (non-hydrogen) atoms. The molecule has 148 valence electrons. The molecule has 1 fully saturated rings. The summed E-state index contributed by atoms with van der Waals surface area (Å²) in [7, 11) is 1.69. The number of likely N-dealkylation sites (tertiary alicyclic amines) is 1. The number of quaternary nitrogens is 1. The Balaban J connectivity index is 1.50. The van der Waals surface area contributed by atoms with E-state index in [0.717, 1.165) is 37.5 Å². The van der Waals surface area contributed by atoms with Crippen LogP contribution in [0.3, 0.4) is 0 Å². The van der Waals surface area contributed by atoms with Gasteiger partial charge in [-0.05, 0) is 30.2 Å². The number of aromatic nitrogens is 1. The first kappa shape index (κ1) is 18.2. The lowest BCUT2D eigenvalue weighted by molar-refractivity contribution is -0.924. The molecular weight excluding hydrogens is 360 g/mol. The molecule has 4 nitrogen and oxygen atoms in total. The largest absolute Gasteiger partial charge is 0.497 e. The Morgan fingerprint density at radius 3 is 2.55 bits per heavy atom. The maximum absolute atomic E-state index is 12.7. The van der Waals surface area contributed by atoms with Gasteiger partial charge < -0.3 is 14.2 Å². The van der Waals surface area contributed by atoms with Crippen LogP contribution in [0.4, 0.5) is 0 Å². The summed E-state index contributed by atoms with van der Waals surface area (Å²) in [6.45, 7) is 4.12. The first-order valence-electron chi connectivity index (χ1n) is 10.5. The summed E-state index contributed by atoms with van der Waals surface area (Å²) in [5, 5.41) is 0. The van der Waals surface area contributed by atoms with Crippen LogP contribution in [0.5, 0.6) is 5.75 Å². The van der Waals surface area contributed by atoms with Gasteiger partial charge in [0.2, 0.25) is 0 Å². The van der Waals surface area contributed by atoms with E-state index in [-0.39, 0.29) is 5.56 Å². The fourth-order valence-corrected chi connectivity index (χ4v) is 5.28. The van der Waals surface area contributed by atoms with Gasteiger partial charge in [-0.2, -0.15) is 0 Å². The summed E-state index contributed by atoms with van der Waals surface area (Å²) >= 11 is 0. The van der Waals surface area contributed by atoms with Crippen molar-refractivity contribution in [2.24, 2.45) is 5.92 Å². The van der Waals surface area contributed by atoms with Crippen LogP contribution in [0.2, 0.25) is 0 Å². The van der Waals surface area contributed by atoms with Gasteiger partial charge in [0, 0.05) is 41.3 Å². The monoisotopic (exact) mass is 387 g/mol. The molecule has 0 aliphatic carbocycles. The van der Waals surface area contributed by atoms with Gasteiger partial charge in [0.05, 0.1) is 20.2 Å². The highest BCUT2D eigenvalue weighted by Crippen LogP contribution is 2.37. The molecule has 2 aliphatic rings. The number of piperidine rings is 1. The number of benzene rings is 2. The second kappa shape index (κ2) is 7.53. The zero-order chi connectivity index (χ0) is 19.8. The van der Waals surface area contributed by atoms with E-state index in [1.807, 2.05) is 18.2 Å². The maximum Gasteiger partial charge on any atom is 0.250 e. The van der Waals surface area contributed by atoms with E-state index in [1.54, 1.807) is 18.1 Å². The maximum atomic E-state index is 12.7. The number of rotatable bonds is 4. The van der Waals surface area contributed by atoms with Gasteiger partial charge in [0.15, 0.2) is 0 Å². The second-order valence-electron chi connectivity index (χ2n) is 8.43. The summed E-state index contributed by atoms with van der Waals surface area (Å²) < 4.78 is 7.37. The van der Waals surface area contributed by atoms with E-state index in [0.29, 0.717) is 11.8 Å². The van der Waals surface area contributed by atoms with Gasteiger partial charge in [0.25, 0.3) is 5.56 Å². The normalized spacial score (nSPS) is 22.7. The van der Waals surface area contributed by atoms with Crippen molar-refractivity contribution in [3.8, 4) is 16.9 Å². The van der Waals surface area contributed by atoms with E-state index in [1.165, 1.54) is 23.2 Å². The summed E-state index contributed by atoms with van der Waals surface area (Å²) in [6.07, 6.45) is 1.19. The molecule has 3 aromatic rings. The van der Waals surface area contributed by atoms with Crippen molar-refractivity contribution in [3.05, 3.63) is 88.3 Å². The number of nitrogens with zero attached hydrogens (tertiary/aromatic N) is 1. The first-order valence-corrected chi connectivity index (χ1v) is 10.5. The highest BCUT2D eigenvalue weighted by molar-refractivity contribution is 5.67. The third kappa shape index (κ3) is 3.49. The molecule has 3 heterocycles. The fourth-order valence-electron chi connectivity index (χ4n) is 5.28. The number of hydrogen-bond acceptors (Lipinski definition) is 2. The molecule has 0 spiro atoms. The minimum atomic E-state index is 0.137. The van der Waals surface area contributed by atoms with Gasteiger partial charge in [-0.3, -0.25) is 4.79 Å². The molecule has 1 aromatic heterocycles. The molecule has 4 heteroatoms. The Kier molecular flexibility index (Phi) is 4.72. The van der Waals surface area contributed by atoms with Crippen molar-refractivity contribution in [2.45, 2.75) is 25.4 Å². The smallest absolute Gasteiger partial charge is 0.250 e. The molecule has 0 radical (unpaired) electrons. The number of hydrogen-bond donors (Lipinski definition) is 1. The quantitative estimate of drug-likeness (QED) is 0.747. The van der Waals surface area contributed by atoms with E-state index in [4.69, 9.17) is 4.74 Å². The number of pyridine rings is 1. The fraction of sp³-hybridized carbons (Fsp3) is 0.320. The molecule has 1 unspecified atom stereocenters. The lowest BCUT2D eigenvalue weighted by atomic mass is 9.80. The molecule has 1 saturated heterocycles. The SMILES string of the molecule is COc1ccc(-c2ccc(=O)n3c2[C@@H]2C[C@H](C3)C[NH+](Cc3ccccc3)C2)cc1. The number of ether oxygens (including phenoxy) is 1. The van der Waals surface area contributed by atoms with Gasteiger partial charge in [-0.15, -0.1) is 0 Å². The molecule has 1 N–H and O–H groups in total. The van der Waals surface area contributed by atoms with Crippen molar-refractivity contribution in [3.63, 3.8) is 0 Å². The van der Waals surface area contributed by atoms with Crippen LogP contribution in [0.15, 0.2) is 71.5 Å². The van der Waals surface area contributed by atoms with Gasteiger partial charge in [0.1, 0.15) is 12.3 Å². The lowest BCUT2D eigenvalue weighted by Gasteiger charge is -2.41. The summed E-state index contributed by atoms with van der Waals surface area (Å²) in [5.41, 5.74) is 5.10. The van der Waals surface area contributed by atoms with Crippen molar-refractivity contribution in [2.75, 3.05) is 20.2 Å². The highest BCUT2D eigenvalue weighted by Gasteiger charge is 2.38. The van der Waals surface area contributed by atoms with Gasteiger partial charge >= 0.3 is 0 Å². The van der Waals surface area contributed by atoms with Crippen LogP contribution >= 0.6 is 0 Å².